The second-order valence-corrected chi connectivity index (χ2v) is 7.36. The monoisotopic (exact) mass is 266 g/mol. The van der Waals surface area contributed by atoms with Crippen molar-refractivity contribution in [2.45, 2.75) is 65.4 Å². The van der Waals surface area contributed by atoms with E-state index in [-0.39, 0.29) is 5.41 Å². The van der Waals surface area contributed by atoms with E-state index in [1.54, 1.807) is 0 Å². The lowest BCUT2D eigenvalue weighted by Crippen LogP contribution is -2.45. The number of hydrogen-bond acceptors (Lipinski definition) is 2. The first kappa shape index (κ1) is 14.1. The molecule has 0 bridgehead atoms. The van der Waals surface area contributed by atoms with E-state index < -0.39 is 5.60 Å². The first-order valence-electron chi connectivity index (χ1n) is 7.26. The number of aliphatic hydroxyl groups is 1. The quantitative estimate of drug-likeness (QED) is 0.816. The third-order valence-electron chi connectivity index (χ3n) is 4.66. The summed E-state index contributed by atoms with van der Waals surface area (Å²) in [5.74, 6) is 0.401. The number of rotatable bonds is 5. The second-order valence-electron chi connectivity index (χ2n) is 6.36. The summed E-state index contributed by atoms with van der Waals surface area (Å²) in [7, 11) is 0. The lowest BCUT2D eigenvalue weighted by atomic mass is 9.65. The molecule has 0 amide bonds. The molecule has 1 N–H and O–H groups in total. The van der Waals surface area contributed by atoms with Crippen LogP contribution in [0.15, 0.2) is 11.4 Å². The molecule has 1 unspecified atom stereocenters. The smallest absolute Gasteiger partial charge is 0.0989 e. The molecule has 0 aliphatic heterocycles. The van der Waals surface area contributed by atoms with Gasteiger partial charge in [0.2, 0.25) is 0 Å². The number of thiophene rings is 1. The second kappa shape index (κ2) is 4.97. The Bertz CT molecular complexity index is 401. The van der Waals surface area contributed by atoms with E-state index in [0.29, 0.717) is 5.92 Å². The maximum Gasteiger partial charge on any atom is 0.0989 e. The van der Waals surface area contributed by atoms with E-state index >= 15 is 0 Å². The van der Waals surface area contributed by atoms with E-state index in [1.807, 2.05) is 11.3 Å². The molecule has 1 aliphatic carbocycles. The van der Waals surface area contributed by atoms with Crippen molar-refractivity contribution in [1.29, 1.82) is 0 Å². The van der Waals surface area contributed by atoms with Crippen LogP contribution in [0.5, 0.6) is 0 Å². The van der Waals surface area contributed by atoms with Crippen molar-refractivity contribution < 1.29 is 5.11 Å². The zero-order valence-electron chi connectivity index (χ0n) is 12.1. The van der Waals surface area contributed by atoms with Crippen molar-refractivity contribution in [3.05, 3.63) is 21.9 Å². The minimum atomic E-state index is -0.617. The molecule has 2 rings (SSSR count). The van der Waals surface area contributed by atoms with Gasteiger partial charge in [-0.2, -0.15) is 0 Å². The topological polar surface area (TPSA) is 20.2 Å². The predicted molar refractivity (Wildman–Crippen MR) is 79.0 cm³/mol. The molecule has 1 aliphatic rings. The van der Waals surface area contributed by atoms with Gasteiger partial charge in [0.05, 0.1) is 5.60 Å². The minimum Gasteiger partial charge on any atom is -0.384 e. The molecule has 1 nitrogen and oxygen atoms in total. The van der Waals surface area contributed by atoms with Crippen molar-refractivity contribution in [3.63, 3.8) is 0 Å². The zero-order valence-corrected chi connectivity index (χ0v) is 12.9. The first-order chi connectivity index (χ1) is 8.47. The highest BCUT2D eigenvalue weighted by Crippen LogP contribution is 2.57. The normalized spacial score (nSPS) is 25.7. The Morgan fingerprint density at radius 2 is 1.89 bits per heavy atom. The summed E-state index contributed by atoms with van der Waals surface area (Å²) >= 11 is 1.81. The Morgan fingerprint density at radius 1 is 1.28 bits per heavy atom. The van der Waals surface area contributed by atoms with Gasteiger partial charge in [-0.05, 0) is 42.2 Å². The van der Waals surface area contributed by atoms with Gasteiger partial charge in [0, 0.05) is 10.3 Å². The molecule has 0 radical (unpaired) electrons. The van der Waals surface area contributed by atoms with Gasteiger partial charge in [-0.3, -0.25) is 0 Å². The van der Waals surface area contributed by atoms with E-state index in [1.165, 1.54) is 10.4 Å². The average Bonchev–Trinajstić information content (AvgIpc) is 2.81. The fourth-order valence-corrected chi connectivity index (χ4v) is 4.91. The molecule has 0 saturated heterocycles. The molecule has 2 heteroatoms. The predicted octanol–water partition coefficient (Wildman–Crippen LogP) is 4.73. The highest BCUT2D eigenvalue weighted by atomic mass is 32.1. The van der Waals surface area contributed by atoms with Gasteiger partial charge < -0.3 is 5.11 Å². The maximum atomic E-state index is 11.5. The molecule has 1 aromatic heterocycles. The third-order valence-corrected chi connectivity index (χ3v) is 5.58. The molecule has 0 spiro atoms. The molecule has 1 heterocycles. The summed E-state index contributed by atoms with van der Waals surface area (Å²) in [4.78, 5) is 1.40. The molecule has 0 aromatic carbocycles. The van der Waals surface area contributed by atoms with Crippen molar-refractivity contribution in [3.8, 4) is 0 Å². The molecule has 1 aromatic rings. The molecule has 0 saturated carbocycles. The van der Waals surface area contributed by atoms with Crippen molar-refractivity contribution in [2.75, 3.05) is 0 Å². The van der Waals surface area contributed by atoms with Gasteiger partial charge in [-0.15, -0.1) is 11.3 Å². The molecular formula is C16H26OS. The van der Waals surface area contributed by atoms with Gasteiger partial charge in [-0.25, -0.2) is 0 Å². The lowest BCUT2D eigenvalue weighted by Gasteiger charge is -2.44. The van der Waals surface area contributed by atoms with Crippen LogP contribution in [-0.2, 0) is 12.0 Å². The maximum absolute atomic E-state index is 11.5. The summed E-state index contributed by atoms with van der Waals surface area (Å²) in [6.07, 6.45) is 5.59. The van der Waals surface area contributed by atoms with E-state index in [4.69, 9.17) is 0 Å². The Hall–Kier alpha value is -0.340. The van der Waals surface area contributed by atoms with Gasteiger partial charge in [0.25, 0.3) is 0 Å². The van der Waals surface area contributed by atoms with Crippen molar-refractivity contribution in [1.82, 2.24) is 0 Å². The highest BCUT2D eigenvalue weighted by molar-refractivity contribution is 7.10. The molecule has 102 valence electrons. The summed E-state index contributed by atoms with van der Waals surface area (Å²) in [5, 5.41) is 13.6. The minimum absolute atomic E-state index is 0.0234. The van der Waals surface area contributed by atoms with Crippen molar-refractivity contribution >= 4 is 11.3 Å². The van der Waals surface area contributed by atoms with E-state index in [9.17, 15) is 5.11 Å². The Kier molecular flexibility index (Phi) is 3.89. The van der Waals surface area contributed by atoms with Crippen LogP contribution in [0.25, 0.3) is 0 Å². The molecule has 1 atom stereocenters. The van der Waals surface area contributed by atoms with Crippen LogP contribution in [0.3, 0.4) is 0 Å². The summed E-state index contributed by atoms with van der Waals surface area (Å²) in [6.45, 7) is 8.92. The summed E-state index contributed by atoms with van der Waals surface area (Å²) in [5.41, 5.74) is 0.586. The van der Waals surface area contributed by atoms with Crippen LogP contribution in [0.1, 0.15) is 63.8 Å². The number of fused-ring (bicyclic) bond motifs is 1. The van der Waals surface area contributed by atoms with Crippen LogP contribution >= 0.6 is 11.3 Å². The highest BCUT2D eigenvalue weighted by Gasteiger charge is 2.55. The van der Waals surface area contributed by atoms with Gasteiger partial charge >= 0.3 is 0 Å². The third kappa shape index (κ3) is 1.94. The lowest BCUT2D eigenvalue weighted by molar-refractivity contribution is -0.113. The standard InChI is InChI=1S/C16H26OS/c1-5-7-12(8-6-2)16(17)13-9-10-18-14(13)11-15(16,3)4/h9-10,12,17H,5-8,11H2,1-4H3. The zero-order chi connectivity index (χ0) is 13.4. The van der Waals surface area contributed by atoms with E-state index in [0.717, 1.165) is 32.1 Å². The first-order valence-corrected chi connectivity index (χ1v) is 8.14. The van der Waals surface area contributed by atoms with Crippen LogP contribution < -0.4 is 0 Å². The largest absolute Gasteiger partial charge is 0.384 e. The summed E-state index contributed by atoms with van der Waals surface area (Å²) in [6, 6.07) is 2.16. The van der Waals surface area contributed by atoms with Crippen LogP contribution in [0.2, 0.25) is 0 Å². The molecule has 0 fully saturated rings. The Labute approximate surface area is 115 Å². The van der Waals surface area contributed by atoms with Crippen LogP contribution in [0, 0.1) is 11.3 Å². The van der Waals surface area contributed by atoms with Crippen LogP contribution in [-0.4, -0.2) is 5.11 Å². The van der Waals surface area contributed by atoms with Gasteiger partial charge in [-0.1, -0.05) is 40.5 Å². The van der Waals surface area contributed by atoms with Gasteiger partial charge in [0.15, 0.2) is 0 Å². The van der Waals surface area contributed by atoms with Gasteiger partial charge in [0.1, 0.15) is 0 Å². The molecule has 18 heavy (non-hydrogen) atoms. The van der Waals surface area contributed by atoms with Crippen molar-refractivity contribution in [2.24, 2.45) is 11.3 Å². The van der Waals surface area contributed by atoms with E-state index in [2.05, 4.69) is 39.1 Å². The van der Waals surface area contributed by atoms with Crippen LogP contribution in [0.4, 0.5) is 0 Å². The Balaban J connectivity index is 2.42. The molecular weight excluding hydrogens is 240 g/mol. The number of hydrogen-bond donors (Lipinski definition) is 1. The summed E-state index contributed by atoms with van der Waals surface area (Å²) < 4.78 is 0. The average molecular weight is 266 g/mol. The SMILES string of the molecule is CCCC(CCC)C1(O)c2ccsc2CC1(C)C. The fourth-order valence-electron chi connectivity index (χ4n) is 3.75. The fraction of sp³-hybridized carbons (Fsp3) is 0.750. The Morgan fingerprint density at radius 3 is 2.44 bits per heavy atom.